The lowest BCUT2D eigenvalue weighted by molar-refractivity contribution is 1.25. The van der Waals surface area contributed by atoms with Gasteiger partial charge in [-0.2, -0.15) is 0 Å². The molecule has 0 aromatic carbocycles. The van der Waals surface area contributed by atoms with Gasteiger partial charge in [0, 0.05) is 24.0 Å². The topological polar surface area (TPSA) is 41.0 Å². The van der Waals surface area contributed by atoms with Crippen LogP contribution in [0.3, 0.4) is 0 Å². The summed E-state index contributed by atoms with van der Waals surface area (Å²) < 4.78 is 0. The summed E-state index contributed by atoms with van der Waals surface area (Å²) in [6, 6.07) is 0. The normalized spacial score (nSPS) is 11.8. The van der Waals surface area contributed by atoms with E-state index in [4.69, 9.17) is 0 Å². The predicted octanol–water partition coefficient (Wildman–Crippen LogP) is 3.40. The highest BCUT2D eigenvalue weighted by molar-refractivity contribution is 6.22. The maximum absolute atomic E-state index is 4.25. The number of aromatic nitrogens is 2. The lowest BCUT2D eigenvalue weighted by Crippen LogP contribution is -1.98. The number of hydrogen-bond acceptors (Lipinski definition) is 2. The van der Waals surface area contributed by atoms with Gasteiger partial charge in [0.15, 0.2) is 0 Å². The summed E-state index contributed by atoms with van der Waals surface area (Å²) in [4.78, 5) is 11.4. The standard InChI is InChI=1S/C11H15N3.C2H6/c1-5-6-10(8(2)12-4)11-9(3)13-7-14-11;1-2/h5-7H,1H2,2-4H3,(H,13,14);1-2H3/b10-6+,12-8?;. The number of nitrogens with one attached hydrogen (secondary N) is 1. The molecule has 0 saturated heterocycles. The third-order valence-electron chi connectivity index (χ3n) is 2.09. The van der Waals surface area contributed by atoms with Gasteiger partial charge in [-0.15, -0.1) is 0 Å². The molecule has 0 aliphatic carbocycles. The van der Waals surface area contributed by atoms with Gasteiger partial charge in [0.25, 0.3) is 0 Å². The Labute approximate surface area is 98.0 Å². The molecule has 0 atom stereocenters. The predicted molar refractivity (Wildman–Crippen MR) is 71.9 cm³/mol. The number of allylic oxidation sites excluding steroid dienone is 3. The third-order valence-corrected chi connectivity index (χ3v) is 2.09. The Morgan fingerprint density at radius 2 is 2.12 bits per heavy atom. The average molecular weight is 219 g/mol. The highest BCUT2D eigenvalue weighted by Gasteiger charge is 2.09. The van der Waals surface area contributed by atoms with Gasteiger partial charge in [-0.3, -0.25) is 4.99 Å². The van der Waals surface area contributed by atoms with Crippen LogP contribution < -0.4 is 0 Å². The van der Waals surface area contributed by atoms with Crippen molar-refractivity contribution < 1.29 is 0 Å². The molecule has 1 aromatic rings. The van der Waals surface area contributed by atoms with E-state index in [-0.39, 0.29) is 0 Å². The van der Waals surface area contributed by atoms with Gasteiger partial charge in [-0.05, 0) is 13.8 Å². The summed E-state index contributed by atoms with van der Waals surface area (Å²) in [6.07, 6.45) is 5.36. The van der Waals surface area contributed by atoms with E-state index >= 15 is 0 Å². The number of hydrogen-bond donors (Lipinski definition) is 1. The van der Waals surface area contributed by atoms with Crippen LogP contribution in [0.4, 0.5) is 0 Å². The molecule has 1 N–H and O–H groups in total. The molecule has 0 saturated carbocycles. The summed E-state index contributed by atoms with van der Waals surface area (Å²) in [5, 5.41) is 0. The first kappa shape index (κ1) is 14.4. The number of aromatic amines is 1. The van der Waals surface area contributed by atoms with E-state index in [1.807, 2.05) is 33.8 Å². The second-order valence-corrected chi connectivity index (χ2v) is 3.00. The van der Waals surface area contributed by atoms with E-state index in [9.17, 15) is 0 Å². The molecule has 0 radical (unpaired) electrons. The highest BCUT2D eigenvalue weighted by atomic mass is 14.9. The molecule has 0 spiro atoms. The zero-order valence-corrected chi connectivity index (χ0v) is 10.8. The van der Waals surface area contributed by atoms with Gasteiger partial charge in [-0.25, -0.2) is 4.98 Å². The van der Waals surface area contributed by atoms with E-state index in [0.717, 1.165) is 22.7 Å². The van der Waals surface area contributed by atoms with E-state index in [1.54, 1.807) is 19.5 Å². The molecule has 3 heteroatoms. The Morgan fingerprint density at radius 1 is 1.50 bits per heavy atom. The number of aliphatic imine (C=N–C) groups is 1. The molecular formula is C13H21N3. The molecule has 0 aliphatic rings. The van der Waals surface area contributed by atoms with Crippen LogP contribution in [-0.2, 0) is 0 Å². The van der Waals surface area contributed by atoms with Crippen LogP contribution in [0, 0.1) is 6.92 Å². The first-order valence-electron chi connectivity index (χ1n) is 5.47. The third kappa shape index (κ3) is 3.50. The lowest BCUT2D eigenvalue weighted by Gasteiger charge is -2.03. The molecule has 0 amide bonds. The van der Waals surface area contributed by atoms with Crippen LogP contribution in [-0.4, -0.2) is 22.7 Å². The molecule has 3 nitrogen and oxygen atoms in total. The fourth-order valence-electron chi connectivity index (χ4n) is 1.24. The van der Waals surface area contributed by atoms with Crippen LogP contribution in [0.25, 0.3) is 5.57 Å². The number of aryl methyl sites for hydroxylation is 1. The molecule has 0 bridgehead atoms. The van der Waals surface area contributed by atoms with Gasteiger partial charge in [0.05, 0.1) is 12.0 Å². The zero-order valence-electron chi connectivity index (χ0n) is 10.8. The van der Waals surface area contributed by atoms with Crippen molar-refractivity contribution in [3.63, 3.8) is 0 Å². The first-order valence-corrected chi connectivity index (χ1v) is 5.47. The Kier molecular flexibility index (Phi) is 6.84. The number of rotatable bonds is 3. The average Bonchev–Trinajstić information content (AvgIpc) is 2.74. The van der Waals surface area contributed by atoms with Crippen molar-refractivity contribution in [3.05, 3.63) is 36.4 Å². The van der Waals surface area contributed by atoms with Crippen LogP contribution in [0.5, 0.6) is 0 Å². The van der Waals surface area contributed by atoms with Crippen LogP contribution in [0.15, 0.2) is 30.1 Å². The fourth-order valence-corrected chi connectivity index (χ4v) is 1.24. The molecule has 1 rings (SSSR count). The van der Waals surface area contributed by atoms with Gasteiger partial charge < -0.3 is 4.98 Å². The molecule has 0 aliphatic heterocycles. The molecule has 0 unspecified atom stereocenters. The maximum atomic E-state index is 4.25. The molecule has 0 fully saturated rings. The zero-order chi connectivity index (χ0) is 12.6. The van der Waals surface area contributed by atoms with Gasteiger partial charge in [-0.1, -0.05) is 32.6 Å². The van der Waals surface area contributed by atoms with Gasteiger partial charge >= 0.3 is 0 Å². The summed E-state index contributed by atoms with van der Waals surface area (Å²) in [5.41, 5.74) is 3.95. The van der Waals surface area contributed by atoms with Crippen molar-refractivity contribution in [1.29, 1.82) is 0 Å². The molecule has 16 heavy (non-hydrogen) atoms. The lowest BCUT2D eigenvalue weighted by atomic mass is 10.1. The molecule has 88 valence electrons. The largest absolute Gasteiger partial charge is 0.348 e. The second kappa shape index (κ2) is 7.63. The Hall–Kier alpha value is -1.64. The number of imidazole rings is 1. The first-order chi connectivity index (χ1) is 7.70. The van der Waals surface area contributed by atoms with Gasteiger partial charge in [0.1, 0.15) is 0 Å². The van der Waals surface area contributed by atoms with E-state index in [0.29, 0.717) is 0 Å². The van der Waals surface area contributed by atoms with Crippen molar-refractivity contribution in [2.45, 2.75) is 27.7 Å². The quantitative estimate of drug-likeness (QED) is 0.614. The smallest absolute Gasteiger partial charge is 0.0929 e. The van der Waals surface area contributed by atoms with Crippen molar-refractivity contribution in [2.24, 2.45) is 4.99 Å². The van der Waals surface area contributed by atoms with Gasteiger partial charge in [0.2, 0.25) is 0 Å². The van der Waals surface area contributed by atoms with E-state index in [1.165, 1.54) is 0 Å². The molecule has 1 aromatic heterocycles. The minimum absolute atomic E-state index is 0.938. The summed E-state index contributed by atoms with van der Waals surface area (Å²) in [6.45, 7) is 11.6. The number of H-pyrrole nitrogens is 1. The minimum Gasteiger partial charge on any atom is -0.348 e. The SMILES string of the molecule is C=C/C=C(\C(C)=NC)c1nc[nH]c1C.CC. The van der Waals surface area contributed by atoms with Crippen molar-refractivity contribution in [3.8, 4) is 0 Å². The number of nitrogens with zero attached hydrogens (tertiary/aromatic N) is 2. The van der Waals surface area contributed by atoms with E-state index in [2.05, 4.69) is 21.5 Å². The highest BCUT2D eigenvalue weighted by Crippen LogP contribution is 2.16. The Bertz CT molecular complexity index is 384. The summed E-state index contributed by atoms with van der Waals surface area (Å²) in [5.74, 6) is 0. The maximum Gasteiger partial charge on any atom is 0.0929 e. The second-order valence-electron chi connectivity index (χ2n) is 3.00. The van der Waals surface area contributed by atoms with Crippen LogP contribution in [0.1, 0.15) is 32.2 Å². The van der Waals surface area contributed by atoms with E-state index < -0.39 is 0 Å². The Balaban J connectivity index is 0.00000106. The Morgan fingerprint density at radius 3 is 2.50 bits per heavy atom. The minimum atomic E-state index is 0.938. The van der Waals surface area contributed by atoms with Crippen molar-refractivity contribution in [2.75, 3.05) is 7.05 Å². The van der Waals surface area contributed by atoms with Crippen molar-refractivity contribution in [1.82, 2.24) is 9.97 Å². The summed E-state index contributed by atoms with van der Waals surface area (Å²) in [7, 11) is 1.77. The monoisotopic (exact) mass is 219 g/mol. The summed E-state index contributed by atoms with van der Waals surface area (Å²) >= 11 is 0. The van der Waals surface area contributed by atoms with Crippen LogP contribution in [0.2, 0.25) is 0 Å². The fraction of sp³-hybridized carbons (Fsp3) is 0.385. The van der Waals surface area contributed by atoms with Crippen LogP contribution >= 0.6 is 0 Å². The molecular weight excluding hydrogens is 198 g/mol. The van der Waals surface area contributed by atoms with Crippen molar-refractivity contribution >= 4 is 11.3 Å². The molecule has 1 heterocycles.